The summed E-state index contributed by atoms with van der Waals surface area (Å²) in [7, 11) is 8.01. The molecule has 0 bridgehead atoms. The van der Waals surface area contributed by atoms with Crippen LogP contribution in [0.4, 0.5) is 34.1 Å². The Balaban J connectivity index is 0.000000132. The smallest absolute Gasteiger partial charge is 0.119 e. The molecule has 0 saturated carbocycles. The predicted molar refractivity (Wildman–Crippen MR) is 251 cm³/mol. The van der Waals surface area contributed by atoms with Gasteiger partial charge in [0.2, 0.25) is 0 Å². The number of nitrogens with zero attached hydrogens (tertiary/aromatic N) is 3. The number of fused-ring (bicyclic) bond motifs is 3. The summed E-state index contributed by atoms with van der Waals surface area (Å²) in [6.07, 6.45) is 0. The van der Waals surface area contributed by atoms with Crippen molar-refractivity contribution >= 4 is 66.4 Å². The molecular weight excluding hydrogens is 707 g/mol. The van der Waals surface area contributed by atoms with E-state index in [-0.39, 0.29) is 0 Å². The average molecular weight is 758 g/mol. The molecule has 288 valence electrons. The molecule has 9 aromatic carbocycles. The SMILES string of the molecule is COc1ccc(N(C)c2cccc3ccccc23)cc1.Cc1ccc(N(C)c2cccc3ccccc23)cc1.Cc1cccc(N(C)c2cccc3ccccc23)c1. The van der Waals surface area contributed by atoms with E-state index in [2.05, 4.69) is 238 Å². The minimum absolute atomic E-state index is 0.875. The minimum atomic E-state index is 0.875. The van der Waals surface area contributed by atoms with Crippen LogP contribution in [0.2, 0.25) is 0 Å². The lowest BCUT2D eigenvalue weighted by atomic mass is 10.1. The highest BCUT2D eigenvalue weighted by Gasteiger charge is 2.10. The molecule has 58 heavy (non-hydrogen) atoms. The molecule has 0 aliphatic heterocycles. The Hall–Kier alpha value is -7.04. The third kappa shape index (κ3) is 8.98. The van der Waals surface area contributed by atoms with Crippen LogP contribution in [0.5, 0.6) is 5.75 Å². The van der Waals surface area contributed by atoms with Crippen LogP contribution in [-0.2, 0) is 0 Å². The Morgan fingerprint density at radius 1 is 0.328 bits per heavy atom. The van der Waals surface area contributed by atoms with Crippen molar-refractivity contribution in [3.63, 3.8) is 0 Å². The number of benzene rings is 9. The van der Waals surface area contributed by atoms with Gasteiger partial charge in [-0.1, -0.05) is 139 Å². The van der Waals surface area contributed by atoms with E-state index in [4.69, 9.17) is 4.74 Å². The lowest BCUT2D eigenvalue weighted by Crippen LogP contribution is -2.09. The van der Waals surface area contributed by atoms with E-state index < -0.39 is 0 Å². The molecule has 4 heteroatoms. The molecule has 0 unspecified atom stereocenters. The summed E-state index contributed by atoms with van der Waals surface area (Å²) in [4.78, 5) is 6.68. The maximum absolute atomic E-state index is 5.21. The zero-order chi connectivity index (χ0) is 40.4. The molecule has 0 radical (unpaired) electrons. The van der Waals surface area contributed by atoms with Crippen molar-refractivity contribution in [2.24, 2.45) is 0 Å². The molecule has 4 nitrogen and oxygen atoms in total. The van der Waals surface area contributed by atoms with E-state index in [0.717, 1.165) is 11.4 Å². The van der Waals surface area contributed by atoms with Crippen LogP contribution >= 0.6 is 0 Å². The number of methoxy groups -OCH3 is 1. The first kappa shape index (κ1) is 39.2. The van der Waals surface area contributed by atoms with Crippen molar-refractivity contribution in [3.05, 3.63) is 211 Å². The first-order valence-electron chi connectivity index (χ1n) is 19.7. The third-order valence-corrected chi connectivity index (χ3v) is 10.7. The fourth-order valence-electron chi connectivity index (χ4n) is 7.33. The Bertz CT molecular complexity index is 2720. The quantitative estimate of drug-likeness (QED) is 0.161. The van der Waals surface area contributed by atoms with Crippen LogP contribution in [0.15, 0.2) is 200 Å². The normalized spacial score (nSPS) is 10.6. The fraction of sp³-hybridized carbons (Fsp3) is 0.111. The van der Waals surface area contributed by atoms with Crippen molar-refractivity contribution in [1.29, 1.82) is 0 Å². The number of anilines is 6. The van der Waals surface area contributed by atoms with Gasteiger partial charge < -0.3 is 19.4 Å². The van der Waals surface area contributed by atoms with Gasteiger partial charge in [-0.2, -0.15) is 0 Å². The maximum Gasteiger partial charge on any atom is 0.119 e. The molecule has 9 rings (SSSR count). The highest BCUT2D eigenvalue weighted by molar-refractivity contribution is 5.98. The Morgan fingerprint density at radius 3 is 1.10 bits per heavy atom. The molecule has 0 amide bonds. The number of aryl methyl sites for hydroxylation is 2. The summed E-state index contributed by atoms with van der Waals surface area (Å²) in [5.74, 6) is 0.875. The minimum Gasteiger partial charge on any atom is -0.497 e. The molecule has 0 aromatic heterocycles. The van der Waals surface area contributed by atoms with Crippen molar-refractivity contribution in [2.45, 2.75) is 13.8 Å². The monoisotopic (exact) mass is 757 g/mol. The van der Waals surface area contributed by atoms with Gasteiger partial charge in [-0.05, 0) is 102 Å². The van der Waals surface area contributed by atoms with E-state index in [1.165, 1.54) is 71.9 Å². The van der Waals surface area contributed by atoms with E-state index in [1.807, 2.05) is 12.1 Å². The summed E-state index contributed by atoms with van der Waals surface area (Å²) in [6, 6.07) is 70.0. The second kappa shape index (κ2) is 18.3. The van der Waals surface area contributed by atoms with Crippen LogP contribution in [0, 0.1) is 13.8 Å². The lowest BCUT2D eigenvalue weighted by Gasteiger charge is -2.21. The fourth-order valence-corrected chi connectivity index (χ4v) is 7.33. The van der Waals surface area contributed by atoms with E-state index >= 15 is 0 Å². The Labute approximate surface area is 343 Å². The van der Waals surface area contributed by atoms with Crippen LogP contribution in [0.1, 0.15) is 11.1 Å². The summed E-state index contributed by atoms with van der Waals surface area (Å²) in [6.45, 7) is 4.24. The summed E-state index contributed by atoms with van der Waals surface area (Å²) >= 11 is 0. The van der Waals surface area contributed by atoms with Gasteiger partial charge >= 0.3 is 0 Å². The van der Waals surface area contributed by atoms with Gasteiger partial charge in [0.05, 0.1) is 7.11 Å². The standard InChI is InChI=1S/C18H17NO.2C18H17N/c1-19(15-10-12-16(20-2)13-11-15)18-9-5-7-14-6-3-4-8-17(14)18;1-14-7-5-10-16(13-14)19(2)18-12-6-9-15-8-3-4-11-17(15)18;1-14-10-12-16(13-11-14)19(2)18-9-5-7-15-6-3-4-8-17(15)18/h3-13H,1-2H3;2*3-13H,1-2H3. The van der Waals surface area contributed by atoms with Crippen molar-refractivity contribution < 1.29 is 4.74 Å². The Kier molecular flexibility index (Phi) is 12.4. The van der Waals surface area contributed by atoms with Gasteiger partial charge in [0.1, 0.15) is 5.75 Å². The zero-order valence-corrected chi connectivity index (χ0v) is 34.3. The molecule has 0 aliphatic rings. The Morgan fingerprint density at radius 2 is 0.690 bits per heavy atom. The molecule has 0 atom stereocenters. The first-order chi connectivity index (χ1) is 28.3. The van der Waals surface area contributed by atoms with Crippen molar-refractivity contribution in [2.75, 3.05) is 43.0 Å². The second-order valence-corrected chi connectivity index (χ2v) is 14.5. The van der Waals surface area contributed by atoms with Gasteiger partial charge in [0.25, 0.3) is 0 Å². The van der Waals surface area contributed by atoms with Crippen LogP contribution in [-0.4, -0.2) is 28.3 Å². The number of rotatable bonds is 7. The van der Waals surface area contributed by atoms with Gasteiger partial charge in [-0.3, -0.25) is 0 Å². The molecule has 0 aliphatic carbocycles. The number of ether oxygens (including phenoxy) is 1. The van der Waals surface area contributed by atoms with Crippen molar-refractivity contribution in [3.8, 4) is 5.75 Å². The topological polar surface area (TPSA) is 19.0 Å². The molecule has 0 heterocycles. The largest absolute Gasteiger partial charge is 0.497 e. The van der Waals surface area contributed by atoms with E-state index in [0.29, 0.717) is 0 Å². The maximum atomic E-state index is 5.21. The second-order valence-electron chi connectivity index (χ2n) is 14.5. The highest BCUT2D eigenvalue weighted by Crippen LogP contribution is 2.34. The molecular formula is C54H51N3O. The lowest BCUT2D eigenvalue weighted by molar-refractivity contribution is 0.415. The number of hydrogen-bond donors (Lipinski definition) is 0. The van der Waals surface area contributed by atoms with Crippen LogP contribution < -0.4 is 19.4 Å². The molecule has 0 N–H and O–H groups in total. The number of hydrogen-bond acceptors (Lipinski definition) is 4. The van der Waals surface area contributed by atoms with Crippen LogP contribution in [0.25, 0.3) is 32.3 Å². The van der Waals surface area contributed by atoms with Crippen molar-refractivity contribution in [1.82, 2.24) is 0 Å². The zero-order valence-electron chi connectivity index (χ0n) is 34.3. The molecule has 0 fully saturated rings. The van der Waals surface area contributed by atoms with Gasteiger partial charge in [-0.15, -0.1) is 0 Å². The first-order valence-corrected chi connectivity index (χ1v) is 19.7. The highest BCUT2D eigenvalue weighted by atomic mass is 16.5. The predicted octanol–water partition coefficient (Wildman–Crippen LogP) is 14.4. The molecule has 0 saturated heterocycles. The van der Waals surface area contributed by atoms with Gasteiger partial charge in [0.15, 0.2) is 0 Å². The summed E-state index contributed by atoms with van der Waals surface area (Å²) in [5, 5.41) is 7.64. The van der Waals surface area contributed by atoms with E-state index in [9.17, 15) is 0 Å². The van der Waals surface area contributed by atoms with E-state index in [1.54, 1.807) is 7.11 Å². The summed E-state index contributed by atoms with van der Waals surface area (Å²) in [5.41, 5.74) is 9.82. The van der Waals surface area contributed by atoms with Gasteiger partial charge in [0, 0.05) is 71.4 Å². The summed E-state index contributed by atoms with van der Waals surface area (Å²) < 4.78 is 5.21. The average Bonchev–Trinajstić information content (AvgIpc) is 3.28. The third-order valence-electron chi connectivity index (χ3n) is 10.7. The van der Waals surface area contributed by atoms with Gasteiger partial charge in [-0.25, -0.2) is 0 Å². The molecule has 9 aromatic rings. The molecule has 0 spiro atoms. The van der Waals surface area contributed by atoms with Crippen LogP contribution in [0.3, 0.4) is 0 Å².